The highest BCUT2D eigenvalue weighted by Crippen LogP contribution is 2.25. The summed E-state index contributed by atoms with van der Waals surface area (Å²) in [6, 6.07) is 6.27. The van der Waals surface area contributed by atoms with E-state index in [1.54, 1.807) is 12.1 Å². The fourth-order valence-corrected chi connectivity index (χ4v) is 4.24. The number of sulfonamides is 1. The zero-order chi connectivity index (χ0) is 17.7. The van der Waals surface area contributed by atoms with Crippen LogP contribution in [0.2, 0.25) is 0 Å². The Morgan fingerprint density at radius 3 is 2.72 bits per heavy atom. The van der Waals surface area contributed by atoms with Crippen LogP contribution in [-0.4, -0.2) is 26.4 Å². The number of amides is 1. The molecule has 4 N–H and O–H groups in total. The third-order valence-corrected chi connectivity index (χ3v) is 6.05. The Morgan fingerprint density at radius 1 is 1.36 bits per heavy atom. The Bertz CT molecular complexity index is 681. The van der Waals surface area contributed by atoms with Crippen molar-refractivity contribution >= 4 is 34.0 Å². The van der Waals surface area contributed by atoms with E-state index in [0.717, 1.165) is 19.3 Å². The third kappa shape index (κ3) is 6.26. The first-order valence-electron chi connectivity index (χ1n) is 8.50. The second-order valence-electron chi connectivity index (χ2n) is 6.57. The Kier molecular flexibility index (Phi) is 8.34. The van der Waals surface area contributed by atoms with Gasteiger partial charge in [-0.25, -0.2) is 13.1 Å². The Labute approximate surface area is 156 Å². The molecule has 0 heterocycles. The molecule has 1 fully saturated rings. The van der Waals surface area contributed by atoms with Gasteiger partial charge in [0.05, 0.1) is 4.90 Å². The quantitative estimate of drug-likeness (QED) is 0.696. The van der Waals surface area contributed by atoms with E-state index in [1.807, 2.05) is 13.8 Å². The molecule has 1 aliphatic rings. The first-order chi connectivity index (χ1) is 11.3. The van der Waals surface area contributed by atoms with Crippen LogP contribution < -0.4 is 15.8 Å². The van der Waals surface area contributed by atoms with Gasteiger partial charge in [0.15, 0.2) is 0 Å². The summed E-state index contributed by atoms with van der Waals surface area (Å²) in [7, 11) is -3.58. The summed E-state index contributed by atoms with van der Waals surface area (Å²) in [6.45, 7) is 3.73. The van der Waals surface area contributed by atoms with Gasteiger partial charge in [-0.05, 0) is 50.8 Å². The SMILES string of the molecule is CCC(C)NS(=O)(=O)c1cccc(NC(=O)C2CCCC(N)C2)c1.Cl. The van der Waals surface area contributed by atoms with Crippen molar-refractivity contribution in [1.29, 1.82) is 0 Å². The maximum atomic E-state index is 12.4. The highest BCUT2D eigenvalue weighted by molar-refractivity contribution is 7.89. The minimum atomic E-state index is -3.58. The van der Waals surface area contributed by atoms with Crippen molar-refractivity contribution in [2.24, 2.45) is 11.7 Å². The van der Waals surface area contributed by atoms with Crippen LogP contribution in [0.1, 0.15) is 46.0 Å². The number of rotatable bonds is 6. The second-order valence-corrected chi connectivity index (χ2v) is 8.29. The van der Waals surface area contributed by atoms with Crippen LogP contribution in [0.5, 0.6) is 0 Å². The van der Waals surface area contributed by atoms with Crippen LogP contribution in [0.4, 0.5) is 5.69 Å². The zero-order valence-corrected chi connectivity index (χ0v) is 16.3. The number of hydrogen-bond acceptors (Lipinski definition) is 4. The van der Waals surface area contributed by atoms with Gasteiger partial charge in [-0.2, -0.15) is 0 Å². The van der Waals surface area contributed by atoms with Gasteiger partial charge in [0.2, 0.25) is 15.9 Å². The molecule has 25 heavy (non-hydrogen) atoms. The van der Waals surface area contributed by atoms with Gasteiger partial charge >= 0.3 is 0 Å². The summed E-state index contributed by atoms with van der Waals surface area (Å²) in [4.78, 5) is 12.5. The molecule has 0 aromatic heterocycles. The van der Waals surface area contributed by atoms with E-state index in [9.17, 15) is 13.2 Å². The first kappa shape index (κ1) is 21.9. The van der Waals surface area contributed by atoms with Gasteiger partial charge in [-0.15, -0.1) is 12.4 Å². The highest BCUT2D eigenvalue weighted by Gasteiger charge is 2.25. The zero-order valence-electron chi connectivity index (χ0n) is 14.7. The molecule has 2 rings (SSSR count). The van der Waals surface area contributed by atoms with Crippen molar-refractivity contribution in [3.8, 4) is 0 Å². The van der Waals surface area contributed by atoms with Crippen LogP contribution in [0.25, 0.3) is 0 Å². The molecule has 0 spiro atoms. The standard InChI is InChI=1S/C17H27N3O3S.ClH/c1-3-12(2)20-24(22,23)16-9-5-8-15(11-16)19-17(21)13-6-4-7-14(18)10-13;/h5,8-9,11-14,20H,3-4,6-7,10,18H2,1-2H3,(H,19,21);1H. The Hall–Kier alpha value is -1.15. The minimum absolute atomic E-state index is 0. The molecule has 3 atom stereocenters. The van der Waals surface area contributed by atoms with Gasteiger partial charge in [0, 0.05) is 23.7 Å². The van der Waals surface area contributed by atoms with Crippen molar-refractivity contribution in [2.45, 2.75) is 62.9 Å². The topological polar surface area (TPSA) is 101 Å². The number of halogens is 1. The summed E-state index contributed by atoms with van der Waals surface area (Å²) in [5, 5.41) is 2.83. The lowest BCUT2D eigenvalue weighted by Crippen LogP contribution is -2.34. The molecule has 1 amide bonds. The monoisotopic (exact) mass is 389 g/mol. The van der Waals surface area contributed by atoms with Crippen LogP contribution in [-0.2, 0) is 14.8 Å². The highest BCUT2D eigenvalue weighted by atomic mass is 35.5. The van der Waals surface area contributed by atoms with E-state index < -0.39 is 10.0 Å². The lowest BCUT2D eigenvalue weighted by atomic mass is 9.85. The molecule has 142 valence electrons. The average Bonchev–Trinajstić information content (AvgIpc) is 2.54. The summed E-state index contributed by atoms with van der Waals surface area (Å²) in [6.07, 6.45) is 4.12. The van der Waals surface area contributed by atoms with Crippen LogP contribution in [0.15, 0.2) is 29.2 Å². The normalized spacial score (nSPS) is 21.9. The van der Waals surface area contributed by atoms with E-state index in [4.69, 9.17) is 5.73 Å². The van der Waals surface area contributed by atoms with E-state index in [0.29, 0.717) is 18.5 Å². The maximum Gasteiger partial charge on any atom is 0.240 e. The molecule has 3 unspecified atom stereocenters. The number of nitrogens with two attached hydrogens (primary N) is 1. The molecular formula is C17H28ClN3O3S. The van der Waals surface area contributed by atoms with Crippen molar-refractivity contribution in [3.05, 3.63) is 24.3 Å². The number of nitrogens with one attached hydrogen (secondary N) is 2. The fraction of sp³-hybridized carbons (Fsp3) is 0.588. The summed E-state index contributed by atoms with van der Waals surface area (Å²) in [5.74, 6) is -0.193. The van der Waals surface area contributed by atoms with Crippen LogP contribution in [0.3, 0.4) is 0 Å². The van der Waals surface area contributed by atoms with Gasteiger partial charge in [-0.3, -0.25) is 4.79 Å². The van der Waals surface area contributed by atoms with Crippen LogP contribution in [0, 0.1) is 5.92 Å². The van der Waals surface area contributed by atoms with E-state index in [2.05, 4.69) is 10.0 Å². The number of benzene rings is 1. The molecule has 0 aliphatic heterocycles. The van der Waals surface area contributed by atoms with Crippen molar-refractivity contribution in [3.63, 3.8) is 0 Å². The van der Waals surface area contributed by atoms with Crippen molar-refractivity contribution in [2.75, 3.05) is 5.32 Å². The maximum absolute atomic E-state index is 12.4. The van der Waals surface area contributed by atoms with Gasteiger partial charge in [0.1, 0.15) is 0 Å². The predicted molar refractivity (Wildman–Crippen MR) is 102 cm³/mol. The first-order valence-corrected chi connectivity index (χ1v) is 9.99. The predicted octanol–water partition coefficient (Wildman–Crippen LogP) is 2.64. The second kappa shape index (κ2) is 9.52. The lowest BCUT2D eigenvalue weighted by Gasteiger charge is -2.25. The van der Waals surface area contributed by atoms with Crippen molar-refractivity contribution in [1.82, 2.24) is 4.72 Å². The number of carbonyl (C=O) groups excluding carboxylic acids is 1. The molecular weight excluding hydrogens is 362 g/mol. The molecule has 1 aromatic carbocycles. The number of hydrogen-bond donors (Lipinski definition) is 3. The summed E-state index contributed by atoms with van der Waals surface area (Å²) >= 11 is 0. The van der Waals surface area contributed by atoms with Crippen molar-refractivity contribution < 1.29 is 13.2 Å². The molecule has 1 saturated carbocycles. The summed E-state index contributed by atoms with van der Waals surface area (Å²) in [5.41, 5.74) is 6.42. The van der Waals surface area contributed by atoms with Gasteiger partial charge in [0.25, 0.3) is 0 Å². The lowest BCUT2D eigenvalue weighted by molar-refractivity contribution is -0.120. The largest absolute Gasteiger partial charge is 0.328 e. The van der Waals surface area contributed by atoms with Crippen LogP contribution >= 0.6 is 12.4 Å². The van der Waals surface area contributed by atoms with E-state index in [-0.39, 0.29) is 41.2 Å². The molecule has 0 radical (unpaired) electrons. The van der Waals surface area contributed by atoms with Gasteiger partial charge in [-0.1, -0.05) is 19.4 Å². The number of anilines is 1. The summed E-state index contributed by atoms with van der Waals surface area (Å²) < 4.78 is 27.3. The minimum Gasteiger partial charge on any atom is -0.328 e. The molecule has 1 aliphatic carbocycles. The fourth-order valence-electron chi connectivity index (χ4n) is 2.87. The van der Waals surface area contributed by atoms with E-state index >= 15 is 0 Å². The smallest absolute Gasteiger partial charge is 0.240 e. The molecule has 0 saturated heterocycles. The average molecular weight is 390 g/mol. The number of carbonyl (C=O) groups is 1. The van der Waals surface area contributed by atoms with Gasteiger partial charge < -0.3 is 11.1 Å². The third-order valence-electron chi connectivity index (χ3n) is 4.47. The molecule has 8 heteroatoms. The molecule has 0 bridgehead atoms. The Morgan fingerprint density at radius 2 is 2.08 bits per heavy atom. The Balaban J connectivity index is 0.00000312. The molecule has 1 aromatic rings. The molecule has 6 nitrogen and oxygen atoms in total. The van der Waals surface area contributed by atoms with E-state index in [1.165, 1.54) is 12.1 Å².